The van der Waals surface area contributed by atoms with E-state index in [-0.39, 0.29) is 5.52 Å². The van der Waals surface area contributed by atoms with E-state index in [2.05, 4.69) is 5.32 Å². The molecule has 3 rings (SSSR count). The maximum absolute atomic E-state index is 12.5. The third kappa shape index (κ3) is 3.22. The lowest BCUT2D eigenvalue weighted by molar-refractivity contribution is -0.135. The number of fused-ring (bicyclic) bond motifs is 1. The molecule has 0 aliphatic heterocycles. The molecule has 1 aromatic carbocycles. The van der Waals surface area contributed by atoms with Gasteiger partial charge in [-0.05, 0) is 23.8 Å². The van der Waals surface area contributed by atoms with Gasteiger partial charge in [0.2, 0.25) is 0 Å². The first-order chi connectivity index (χ1) is 12.8. The van der Waals surface area contributed by atoms with E-state index in [1.807, 2.05) is 12.1 Å². The molecule has 0 fully saturated rings. The molecule has 3 aromatic rings. The second-order valence-corrected chi connectivity index (χ2v) is 5.82. The van der Waals surface area contributed by atoms with E-state index in [4.69, 9.17) is 9.84 Å². The van der Waals surface area contributed by atoms with Crippen LogP contribution in [0.4, 0.5) is 0 Å². The smallest absolute Gasteiger partial charge is 0.322 e. The monoisotopic (exact) mass is 371 g/mol. The van der Waals surface area contributed by atoms with Crippen molar-refractivity contribution in [2.45, 2.75) is 0 Å². The van der Waals surface area contributed by atoms with Crippen LogP contribution in [0, 0.1) is 0 Å². The van der Waals surface area contributed by atoms with Crippen molar-refractivity contribution in [1.29, 1.82) is 0 Å². The lowest BCUT2D eigenvalue weighted by atomic mass is 10.1. The highest BCUT2D eigenvalue weighted by Crippen LogP contribution is 2.29. The third-order valence-electron chi connectivity index (χ3n) is 4.16. The summed E-state index contributed by atoms with van der Waals surface area (Å²) in [6.07, 6.45) is 1.65. The molecule has 0 bridgehead atoms. The highest BCUT2D eigenvalue weighted by atomic mass is 16.5. The molecule has 0 aliphatic carbocycles. The first-order valence-electron chi connectivity index (χ1n) is 7.92. The Morgan fingerprint density at radius 3 is 2.44 bits per heavy atom. The summed E-state index contributed by atoms with van der Waals surface area (Å²) in [5.41, 5.74) is 0.517. The highest BCUT2D eigenvalue weighted by Gasteiger charge is 2.22. The Bertz CT molecular complexity index is 1090. The molecule has 27 heavy (non-hydrogen) atoms. The van der Waals surface area contributed by atoms with Crippen molar-refractivity contribution >= 4 is 17.4 Å². The summed E-state index contributed by atoms with van der Waals surface area (Å²) in [5, 5.41) is 21.2. The van der Waals surface area contributed by atoms with E-state index in [0.29, 0.717) is 11.3 Å². The van der Waals surface area contributed by atoms with E-state index in [1.54, 1.807) is 31.5 Å². The van der Waals surface area contributed by atoms with E-state index < -0.39 is 35.3 Å². The Kier molecular flexibility index (Phi) is 4.59. The van der Waals surface area contributed by atoms with Crippen molar-refractivity contribution in [2.75, 3.05) is 13.7 Å². The molecule has 140 valence electrons. The number of carbonyl (C=O) groups is 2. The van der Waals surface area contributed by atoms with Gasteiger partial charge in [-0.2, -0.15) is 0 Å². The summed E-state index contributed by atoms with van der Waals surface area (Å²) in [6, 6.07) is 8.83. The van der Waals surface area contributed by atoms with Crippen LogP contribution >= 0.6 is 0 Å². The summed E-state index contributed by atoms with van der Waals surface area (Å²) in [4.78, 5) is 35.3. The van der Waals surface area contributed by atoms with Crippen molar-refractivity contribution in [3.63, 3.8) is 0 Å². The number of aromatic nitrogens is 2. The molecule has 0 saturated carbocycles. The third-order valence-corrected chi connectivity index (χ3v) is 4.16. The number of benzene rings is 1. The van der Waals surface area contributed by atoms with Crippen LogP contribution in [-0.4, -0.2) is 44.9 Å². The molecule has 2 aromatic heterocycles. The van der Waals surface area contributed by atoms with E-state index >= 15 is 0 Å². The number of amides is 1. The van der Waals surface area contributed by atoms with Gasteiger partial charge in [0, 0.05) is 18.8 Å². The van der Waals surface area contributed by atoms with Gasteiger partial charge in [-0.1, -0.05) is 12.1 Å². The van der Waals surface area contributed by atoms with Crippen LogP contribution in [0.3, 0.4) is 0 Å². The van der Waals surface area contributed by atoms with Crippen LogP contribution in [0.15, 0.2) is 41.3 Å². The first-order valence-corrected chi connectivity index (χ1v) is 7.92. The van der Waals surface area contributed by atoms with Crippen LogP contribution < -0.4 is 15.6 Å². The van der Waals surface area contributed by atoms with Crippen molar-refractivity contribution in [3.8, 4) is 22.6 Å². The second-order valence-electron chi connectivity index (χ2n) is 5.82. The number of carboxylic acid groups (broad SMARTS) is 1. The molecule has 0 saturated heterocycles. The topological polar surface area (TPSA) is 122 Å². The number of hydrogen-bond acceptors (Lipinski definition) is 5. The quantitative estimate of drug-likeness (QED) is 0.611. The molecule has 0 aliphatic rings. The molecule has 2 heterocycles. The number of aliphatic carboxylic acids is 1. The summed E-state index contributed by atoms with van der Waals surface area (Å²) < 4.78 is 7.71. The Hall–Kier alpha value is -3.75. The number of carboxylic acids is 1. The maximum atomic E-state index is 12.5. The molecule has 0 spiro atoms. The minimum atomic E-state index is -1.26. The number of aryl methyl sites for hydroxylation is 1. The fraction of sp³-hybridized carbons (Fsp3) is 0.167. The number of carbonyl (C=O) groups excluding carboxylic acids is 1. The van der Waals surface area contributed by atoms with Gasteiger partial charge in [0.25, 0.3) is 11.5 Å². The summed E-state index contributed by atoms with van der Waals surface area (Å²) >= 11 is 0. The zero-order valence-corrected chi connectivity index (χ0v) is 14.6. The van der Waals surface area contributed by atoms with Gasteiger partial charge in [0.05, 0.1) is 7.11 Å². The van der Waals surface area contributed by atoms with Crippen LogP contribution in [0.1, 0.15) is 10.4 Å². The number of methoxy groups -OCH3 is 1. The highest BCUT2D eigenvalue weighted by molar-refractivity contribution is 6.00. The van der Waals surface area contributed by atoms with Gasteiger partial charge >= 0.3 is 5.97 Å². The predicted octanol–water partition coefficient (Wildman–Crippen LogP) is 0.834. The lowest BCUT2D eigenvalue weighted by Crippen LogP contribution is -2.36. The minimum Gasteiger partial charge on any atom is -0.505 e. The first kappa shape index (κ1) is 18.1. The SMILES string of the molecule is COc1ccc(-c2cc3c(O)c(C(=O)NCC(=O)O)c(=O)n(C)n3c2)cc1. The van der Waals surface area contributed by atoms with E-state index in [9.17, 15) is 19.5 Å². The van der Waals surface area contributed by atoms with Crippen molar-refractivity contribution in [1.82, 2.24) is 14.5 Å². The standard InChI is InChI=1S/C18H17N3O6/c1-20-18(26)15(17(25)19-8-14(22)23)16(24)13-7-11(9-21(13)20)10-3-5-12(27-2)6-4-10/h3-7,9,24H,8H2,1-2H3,(H,19,25)(H,22,23). The summed E-state index contributed by atoms with van der Waals surface area (Å²) in [6.45, 7) is -0.662. The lowest BCUT2D eigenvalue weighted by Gasteiger charge is -2.10. The molecular weight excluding hydrogens is 354 g/mol. The average Bonchev–Trinajstić information content (AvgIpc) is 3.10. The molecule has 0 atom stereocenters. The molecule has 9 heteroatoms. The van der Waals surface area contributed by atoms with Crippen LogP contribution in [0.5, 0.6) is 11.5 Å². The fourth-order valence-corrected chi connectivity index (χ4v) is 2.76. The zero-order chi connectivity index (χ0) is 19.7. The van der Waals surface area contributed by atoms with Crippen molar-refractivity contribution in [3.05, 3.63) is 52.4 Å². The molecule has 1 amide bonds. The van der Waals surface area contributed by atoms with Crippen LogP contribution in [-0.2, 0) is 11.8 Å². The molecule has 3 N–H and O–H groups in total. The number of nitrogens with zero attached hydrogens (tertiary/aromatic N) is 2. The molecule has 0 radical (unpaired) electrons. The Balaban J connectivity index is 2.12. The largest absolute Gasteiger partial charge is 0.505 e. The van der Waals surface area contributed by atoms with Gasteiger partial charge in [-0.15, -0.1) is 0 Å². The van der Waals surface area contributed by atoms with Gasteiger partial charge in [0.1, 0.15) is 23.4 Å². The molecular formula is C18H17N3O6. The van der Waals surface area contributed by atoms with Crippen molar-refractivity contribution in [2.24, 2.45) is 7.05 Å². The predicted molar refractivity (Wildman–Crippen MR) is 96.3 cm³/mol. The van der Waals surface area contributed by atoms with Crippen molar-refractivity contribution < 1.29 is 24.5 Å². The molecule has 0 unspecified atom stereocenters. The normalized spacial score (nSPS) is 10.7. The van der Waals surface area contributed by atoms with E-state index in [0.717, 1.165) is 10.2 Å². The number of hydrogen-bond donors (Lipinski definition) is 3. The number of nitrogens with one attached hydrogen (secondary N) is 1. The number of ether oxygens (including phenoxy) is 1. The molecule has 9 nitrogen and oxygen atoms in total. The Morgan fingerprint density at radius 1 is 1.19 bits per heavy atom. The average molecular weight is 371 g/mol. The second kappa shape index (κ2) is 6.87. The van der Waals surface area contributed by atoms with Gasteiger partial charge in [-0.3, -0.25) is 18.9 Å². The Labute approximate surface area is 153 Å². The zero-order valence-electron chi connectivity index (χ0n) is 14.6. The summed E-state index contributed by atoms with van der Waals surface area (Å²) in [5.74, 6) is -2.04. The van der Waals surface area contributed by atoms with Gasteiger partial charge in [0.15, 0.2) is 5.75 Å². The van der Waals surface area contributed by atoms with Crippen LogP contribution in [0.2, 0.25) is 0 Å². The Morgan fingerprint density at radius 2 is 1.85 bits per heavy atom. The summed E-state index contributed by atoms with van der Waals surface area (Å²) in [7, 11) is 3.01. The number of aromatic hydroxyl groups is 1. The fourth-order valence-electron chi connectivity index (χ4n) is 2.76. The minimum absolute atomic E-state index is 0.239. The van der Waals surface area contributed by atoms with Gasteiger partial charge in [-0.25, -0.2) is 4.68 Å². The maximum Gasteiger partial charge on any atom is 0.322 e. The van der Waals surface area contributed by atoms with Crippen LogP contribution in [0.25, 0.3) is 16.6 Å². The number of rotatable bonds is 5. The van der Waals surface area contributed by atoms with E-state index in [1.165, 1.54) is 11.6 Å². The van der Waals surface area contributed by atoms with Gasteiger partial charge < -0.3 is 20.3 Å².